The molecular weight excluding hydrogens is 434 g/mol. The van der Waals surface area contributed by atoms with Crippen molar-refractivity contribution >= 4 is 11.8 Å². The van der Waals surface area contributed by atoms with Crippen LogP contribution in [0.3, 0.4) is 0 Å². The Labute approximate surface area is 210 Å². The zero-order valence-electron chi connectivity index (χ0n) is 21.6. The van der Waals surface area contributed by atoms with Crippen molar-refractivity contribution in [1.82, 2.24) is 10.2 Å². The summed E-state index contributed by atoms with van der Waals surface area (Å²) in [5.74, 6) is 0.151. The molecule has 1 fully saturated rings. The van der Waals surface area contributed by atoms with Gasteiger partial charge in [0.15, 0.2) is 0 Å². The van der Waals surface area contributed by atoms with Crippen LogP contribution in [-0.2, 0) is 21.5 Å². The third kappa shape index (κ3) is 6.51. The number of nitriles is 1. The Bertz CT molecular complexity index is 1040. The van der Waals surface area contributed by atoms with Crippen molar-refractivity contribution in [3.63, 3.8) is 0 Å². The summed E-state index contributed by atoms with van der Waals surface area (Å²) in [4.78, 5) is 27.7. The van der Waals surface area contributed by atoms with E-state index in [4.69, 9.17) is 0 Å². The molecule has 186 valence electrons. The number of hydrogen-bond donors (Lipinski definition) is 1. The van der Waals surface area contributed by atoms with Gasteiger partial charge in [0.05, 0.1) is 11.5 Å². The number of carbonyl (C=O) groups excluding carboxylic acids is 2. The molecule has 2 aromatic rings. The fourth-order valence-electron chi connectivity index (χ4n) is 5.39. The number of carbonyl (C=O) groups is 2. The maximum Gasteiger partial charge on any atom is 0.243 e. The second-order valence-electron chi connectivity index (χ2n) is 10.3. The summed E-state index contributed by atoms with van der Waals surface area (Å²) >= 11 is 0. The Balaban J connectivity index is 1.52. The number of nitrogens with zero attached hydrogens (tertiary/aromatic N) is 2. The lowest BCUT2D eigenvalue weighted by molar-refractivity contribution is -0.138. The normalized spacial score (nSPS) is 17.1. The predicted octanol–water partition coefficient (Wildman–Crippen LogP) is 5.59. The molecule has 5 heteroatoms. The van der Waals surface area contributed by atoms with Gasteiger partial charge in [-0.15, -0.1) is 0 Å². The molecule has 1 heterocycles. The van der Waals surface area contributed by atoms with Crippen LogP contribution < -0.4 is 5.32 Å². The summed E-state index contributed by atoms with van der Waals surface area (Å²) in [6.45, 7) is 9.40. The van der Waals surface area contributed by atoms with Gasteiger partial charge in [0.2, 0.25) is 11.8 Å². The molecule has 0 aromatic heterocycles. The largest absolute Gasteiger partial charge is 0.350 e. The quantitative estimate of drug-likeness (QED) is 0.457. The highest BCUT2D eigenvalue weighted by Crippen LogP contribution is 2.37. The summed E-state index contributed by atoms with van der Waals surface area (Å²) in [7, 11) is 0. The van der Waals surface area contributed by atoms with Crippen molar-refractivity contribution < 1.29 is 9.59 Å². The molecule has 1 aliphatic rings. The number of benzene rings is 2. The molecule has 5 nitrogen and oxygen atoms in total. The van der Waals surface area contributed by atoms with Crippen molar-refractivity contribution in [2.45, 2.75) is 84.2 Å². The number of unbranched alkanes of at least 4 members (excludes halogenated alkanes) is 1. The van der Waals surface area contributed by atoms with Crippen LogP contribution in [0.1, 0.15) is 74.6 Å². The summed E-state index contributed by atoms with van der Waals surface area (Å²) in [5.41, 5.74) is 3.93. The van der Waals surface area contributed by atoms with Crippen LogP contribution >= 0.6 is 0 Å². The van der Waals surface area contributed by atoms with Crippen LogP contribution in [0.4, 0.5) is 0 Å². The molecule has 3 rings (SSSR count). The van der Waals surface area contributed by atoms with E-state index < -0.39 is 5.41 Å². The standard InChI is InChI=1S/C30H39N3O2/c1-22(2)30(21-31,26-11-6-5-7-12-26)15-9-8-14-28(34)33-16-10-13-27(33)29(35)32-20-25-18-23(3)17-24(4)19-25/h5-7,11-12,17-19,22,27H,8-10,13-16,20H2,1-4H3,(H,32,35)/t27-,30+/m1/s1. The highest BCUT2D eigenvalue weighted by Gasteiger charge is 2.36. The van der Waals surface area contributed by atoms with Gasteiger partial charge in [-0.05, 0) is 56.6 Å². The molecule has 1 N–H and O–H groups in total. The summed E-state index contributed by atoms with van der Waals surface area (Å²) in [5, 5.41) is 13.1. The van der Waals surface area contributed by atoms with Gasteiger partial charge in [-0.25, -0.2) is 0 Å². The predicted molar refractivity (Wildman–Crippen MR) is 140 cm³/mol. The average molecular weight is 474 g/mol. The number of rotatable bonds is 10. The molecule has 2 atom stereocenters. The van der Waals surface area contributed by atoms with E-state index in [9.17, 15) is 14.9 Å². The molecule has 2 aromatic carbocycles. The zero-order chi connectivity index (χ0) is 25.4. The summed E-state index contributed by atoms with van der Waals surface area (Å²) in [6, 6.07) is 18.5. The molecule has 0 saturated carbocycles. The third-order valence-corrected chi connectivity index (χ3v) is 7.31. The van der Waals surface area contributed by atoms with Gasteiger partial charge in [-0.2, -0.15) is 5.26 Å². The van der Waals surface area contributed by atoms with Crippen molar-refractivity contribution in [1.29, 1.82) is 5.26 Å². The number of aryl methyl sites for hydroxylation is 2. The minimum atomic E-state index is -0.547. The van der Waals surface area contributed by atoms with E-state index in [0.29, 0.717) is 25.9 Å². The first kappa shape index (κ1) is 26.5. The van der Waals surface area contributed by atoms with Crippen LogP contribution in [0.2, 0.25) is 0 Å². The molecule has 1 saturated heterocycles. The maximum atomic E-state index is 13.0. The Morgan fingerprint density at radius 1 is 1.11 bits per heavy atom. The lowest BCUT2D eigenvalue weighted by atomic mass is 9.69. The van der Waals surface area contributed by atoms with Crippen LogP contribution in [-0.4, -0.2) is 29.3 Å². The fraction of sp³-hybridized carbons (Fsp3) is 0.500. The van der Waals surface area contributed by atoms with Crippen molar-refractivity contribution in [2.24, 2.45) is 5.92 Å². The van der Waals surface area contributed by atoms with E-state index in [1.807, 2.05) is 30.3 Å². The Kier molecular flexibility index (Phi) is 9.09. The van der Waals surface area contributed by atoms with Crippen LogP contribution in [0.15, 0.2) is 48.5 Å². The molecule has 35 heavy (non-hydrogen) atoms. The van der Waals surface area contributed by atoms with Crippen LogP contribution in [0.5, 0.6) is 0 Å². The lowest BCUT2D eigenvalue weighted by Crippen LogP contribution is -2.45. The molecule has 0 bridgehead atoms. The zero-order valence-corrected chi connectivity index (χ0v) is 21.6. The molecule has 0 unspecified atom stereocenters. The Hall–Kier alpha value is -3.13. The highest BCUT2D eigenvalue weighted by molar-refractivity contribution is 5.88. The minimum Gasteiger partial charge on any atom is -0.350 e. The molecule has 2 amide bonds. The van der Waals surface area contributed by atoms with Crippen molar-refractivity contribution in [3.05, 3.63) is 70.8 Å². The van der Waals surface area contributed by atoms with Gasteiger partial charge >= 0.3 is 0 Å². The van der Waals surface area contributed by atoms with Gasteiger partial charge in [-0.3, -0.25) is 9.59 Å². The first-order chi connectivity index (χ1) is 16.8. The Morgan fingerprint density at radius 2 is 1.80 bits per heavy atom. The molecule has 0 aliphatic carbocycles. The monoisotopic (exact) mass is 473 g/mol. The Morgan fingerprint density at radius 3 is 2.43 bits per heavy atom. The van der Waals surface area contributed by atoms with Gasteiger partial charge < -0.3 is 10.2 Å². The van der Waals surface area contributed by atoms with Gasteiger partial charge in [0.25, 0.3) is 0 Å². The van der Waals surface area contributed by atoms with E-state index in [0.717, 1.165) is 36.8 Å². The van der Waals surface area contributed by atoms with E-state index in [1.54, 1.807) is 4.90 Å². The summed E-state index contributed by atoms with van der Waals surface area (Å²) < 4.78 is 0. The van der Waals surface area contributed by atoms with E-state index in [1.165, 1.54) is 11.1 Å². The minimum absolute atomic E-state index is 0.0425. The smallest absolute Gasteiger partial charge is 0.243 e. The number of likely N-dealkylation sites (tertiary alicyclic amines) is 1. The van der Waals surface area contributed by atoms with E-state index in [-0.39, 0.29) is 23.8 Å². The fourth-order valence-corrected chi connectivity index (χ4v) is 5.39. The van der Waals surface area contributed by atoms with E-state index >= 15 is 0 Å². The SMILES string of the molecule is Cc1cc(C)cc(CNC(=O)[C@H]2CCCN2C(=O)CCCC[C@@](C#N)(c2ccccc2)C(C)C)c1. The highest BCUT2D eigenvalue weighted by atomic mass is 16.2. The third-order valence-electron chi connectivity index (χ3n) is 7.31. The second kappa shape index (κ2) is 12.0. The van der Waals surface area contributed by atoms with Crippen LogP contribution in [0, 0.1) is 31.1 Å². The second-order valence-corrected chi connectivity index (χ2v) is 10.3. The number of hydrogen-bond acceptors (Lipinski definition) is 3. The van der Waals surface area contributed by atoms with Crippen molar-refractivity contribution in [2.75, 3.05) is 6.54 Å². The van der Waals surface area contributed by atoms with E-state index in [2.05, 4.69) is 57.3 Å². The van der Waals surface area contributed by atoms with Crippen molar-refractivity contribution in [3.8, 4) is 6.07 Å². The number of amides is 2. The molecule has 0 radical (unpaired) electrons. The summed E-state index contributed by atoms with van der Waals surface area (Å²) in [6.07, 6.45) is 4.21. The van der Waals surface area contributed by atoms with Gasteiger partial charge in [-0.1, -0.05) is 79.9 Å². The first-order valence-electron chi connectivity index (χ1n) is 12.9. The number of nitrogens with one attached hydrogen (secondary N) is 1. The lowest BCUT2D eigenvalue weighted by Gasteiger charge is -2.31. The van der Waals surface area contributed by atoms with Crippen LogP contribution in [0.25, 0.3) is 0 Å². The average Bonchev–Trinajstić information content (AvgIpc) is 3.33. The first-order valence-corrected chi connectivity index (χ1v) is 12.9. The van der Waals surface area contributed by atoms with Gasteiger partial charge in [0, 0.05) is 19.5 Å². The molecule has 1 aliphatic heterocycles. The topological polar surface area (TPSA) is 73.2 Å². The maximum absolute atomic E-state index is 13.0. The molecule has 0 spiro atoms. The molecular formula is C30H39N3O2. The van der Waals surface area contributed by atoms with Gasteiger partial charge in [0.1, 0.15) is 6.04 Å².